The standard InChI is InChI=1S/C4H8.C2H4O/c1-3-4-2;1-2-3-1/h3H,1,4H2,2H3;1-2H2. The first kappa shape index (κ1) is 6.70. The average Bonchev–Trinajstić information content (AvgIpc) is 2.47. The quantitative estimate of drug-likeness (QED) is 0.360. The summed E-state index contributed by atoms with van der Waals surface area (Å²) in [6.45, 7) is 7.54. The molecular formula is C6H12O. The fraction of sp³-hybridized carbons (Fsp3) is 0.667. The molecule has 0 bridgehead atoms. The van der Waals surface area contributed by atoms with E-state index in [2.05, 4.69) is 18.2 Å². The minimum atomic E-state index is 1.00. The van der Waals surface area contributed by atoms with Crippen molar-refractivity contribution < 1.29 is 4.74 Å². The zero-order valence-electron chi connectivity index (χ0n) is 4.81. The van der Waals surface area contributed by atoms with E-state index in [1.807, 2.05) is 6.08 Å². The van der Waals surface area contributed by atoms with Crippen molar-refractivity contribution in [2.75, 3.05) is 13.2 Å². The molecule has 1 nitrogen and oxygen atoms in total. The lowest BCUT2D eigenvalue weighted by molar-refractivity contribution is 0.475. The SMILES string of the molecule is C1CO1.C=CCC. The molecule has 0 N–H and O–H groups in total. The van der Waals surface area contributed by atoms with E-state index < -0.39 is 0 Å². The van der Waals surface area contributed by atoms with Crippen molar-refractivity contribution in [1.29, 1.82) is 0 Å². The normalized spacial score (nSPS) is 13.9. The zero-order valence-corrected chi connectivity index (χ0v) is 4.81. The predicted octanol–water partition coefficient (Wildman–Crippen LogP) is 1.60. The van der Waals surface area contributed by atoms with E-state index in [-0.39, 0.29) is 0 Å². The molecule has 1 rings (SSSR count). The maximum Gasteiger partial charge on any atom is 0.0701 e. The Labute approximate surface area is 45.0 Å². The van der Waals surface area contributed by atoms with Gasteiger partial charge in [-0.15, -0.1) is 6.58 Å². The van der Waals surface area contributed by atoms with Crippen LogP contribution >= 0.6 is 0 Å². The lowest BCUT2D eigenvalue weighted by Crippen LogP contribution is -1.36. The Morgan fingerprint density at radius 1 is 1.71 bits per heavy atom. The molecule has 1 fully saturated rings. The number of hydrogen-bond acceptors (Lipinski definition) is 1. The molecule has 0 aromatic heterocycles. The molecule has 0 unspecified atom stereocenters. The number of ether oxygens (including phenoxy) is 1. The van der Waals surface area contributed by atoms with Crippen LogP contribution in [0.25, 0.3) is 0 Å². The van der Waals surface area contributed by atoms with Crippen molar-refractivity contribution >= 4 is 0 Å². The van der Waals surface area contributed by atoms with Gasteiger partial charge in [0.2, 0.25) is 0 Å². The zero-order chi connectivity index (χ0) is 5.54. The molecule has 0 spiro atoms. The predicted molar refractivity (Wildman–Crippen MR) is 31.3 cm³/mol. The second kappa shape index (κ2) is 5.70. The number of epoxide rings is 1. The Morgan fingerprint density at radius 3 is 2.00 bits per heavy atom. The van der Waals surface area contributed by atoms with Gasteiger partial charge in [-0.2, -0.15) is 0 Å². The van der Waals surface area contributed by atoms with Crippen LogP contribution in [0, 0.1) is 0 Å². The number of rotatable bonds is 1. The third kappa shape index (κ3) is 27.0. The van der Waals surface area contributed by atoms with Gasteiger partial charge in [0.25, 0.3) is 0 Å². The van der Waals surface area contributed by atoms with Crippen LogP contribution in [0.2, 0.25) is 0 Å². The first-order valence-corrected chi connectivity index (χ1v) is 2.60. The Bertz CT molecular complexity index is 36.7. The van der Waals surface area contributed by atoms with Gasteiger partial charge in [-0.3, -0.25) is 0 Å². The Morgan fingerprint density at radius 2 is 2.00 bits per heavy atom. The molecule has 0 radical (unpaired) electrons. The van der Waals surface area contributed by atoms with E-state index in [4.69, 9.17) is 0 Å². The summed E-state index contributed by atoms with van der Waals surface area (Å²) < 4.78 is 4.50. The summed E-state index contributed by atoms with van der Waals surface area (Å²) in [5, 5.41) is 0. The lowest BCUT2D eigenvalue weighted by Gasteiger charge is -1.57. The molecule has 42 valence electrons. The summed E-state index contributed by atoms with van der Waals surface area (Å²) in [7, 11) is 0. The largest absolute Gasteiger partial charge is 0.377 e. The highest BCUT2D eigenvalue weighted by atomic mass is 16.6. The first-order chi connectivity index (χ1) is 3.41. The van der Waals surface area contributed by atoms with E-state index in [9.17, 15) is 0 Å². The molecule has 1 aliphatic heterocycles. The lowest BCUT2D eigenvalue weighted by atomic mass is 10.5. The van der Waals surface area contributed by atoms with E-state index in [0.29, 0.717) is 0 Å². The van der Waals surface area contributed by atoms with Crippen molar-refractivity contribution in [3.8, 4) is 0 Å². The second-order valence-electron chi connectivity index (χ2n) is 1.31. The first-order valence-electron chi connectivity index (χ1n) is 2.60. The molecule has 1 heteroatoms. The van der Waals surface area contributed by atoms with Crippen molar-refractivity contribution in [2.45, 2.75) is 13.3 Å². The van der Waals surface area contributed by atoms with Crippen LogP contribution in [0.15, 0.2) is 12.7 Å². The summed E-state index contributed by atoms with van der Waals surface area (Å²) >= 11 is 0. The van der Waals surface area contributed by atoms with Crippen LogP contribution in [0.5, 0.6) is 0 Å². The topological polar surface area (TPSA) is 12.5 Å². The highest BCUT2D eigenvalue weighted by Crippen LogP contribution is 1.84. The van der Waals surface area contributed by atoms with Crippen LogP contribution in [0.1, 0.15) is 13.3 Å². The van der Waals surface area contributed by atoms with Crippen molar-refractivity contribution in [1.82, 2.24) is 0 Å². The molecule has 1 saturated heterocycles. The van der Waals surface area contributed by atoms with Crippen LogP contribution in [0.4, 0.5) is 0 Å². The van der Waals surface area contributed by atoms with E-state index in [0.717, 1.165) is 19.6 Å². The highest BCUT2D eigenvalue weighted by Gasteiger charge is 1.94. The Balaban J connectivity index is 0.000000105. The van der Waals surface area contributed by atoms with Gasteiger partial charge in [0.1, 0.15) is 0 Å². The van der Waals surface area contributed by atoms with Crippen LogP contribution in [-0.2, 0) is 4.74 Å². The minimum Gasteiger partial charge on any atom is -0.377 e. The molecular weight excluding hydrogens is 88.1 g/mol. The Hall–Kier alpha value is -0.300. The molecule has 7 heavy (non-hydrogen) atoms. The van der Waals surface area contributed by atoms with Gasteiger partial charge in [-0.05, 0) is 6.42 Å². The molecule has 0 atom stereocenters. The minimum absolute atomic E-state index is 1.00. The fourth-order valence-electron chi connectivity index (χ4n) is 0. The molecule has 0 amide bonds. The van der Waals surface area contributed by atoms with Gasteiger partial charge in [0, 0.05) is 0 Å². The summed E-state index contributed by atoms with van der Waals surface area (Å²) in [4.78, 5) is 0. The molecule has 0 aromatic carbocycles. The van der Waals surface area contributed by atoms with Crippen molar-refractivity contribution in [3.63, 3.8) is 0 Å². The van der Waals surface area contributed by atoms with Crippen LogP contribution in [-0.4, -0.2) is 13.2 Å². The maximum absolute atomic E-state index is 4.50. The second-order valence-corrected chi connectivity index (χ2v) is 1.31. The summed E-state index contributed by atoms with van der Waals surface area (Å²) in [5.74, 6) is 0. The van der Waals surface area contributed by atoms with Gasteiger partial charge in [-0.1, -0.05) is 13.0 Å². The molecule has 0 aromatic rings. The third-order valence-corrected chi connectivity index (χ3v) is 0.493. The highest BCUT2D eigenvalue weighted by molar-refractivity contribution is 4.60. The smallest absolute Gasteiger partial charge is 0.0701 e. The van der Waals surface area contributed by atoms with Crippen LogP contribution in [0.3, 0.4) is 0 Å². The van der Waals surface area contributed by atoms with E-state index in [1.165, 1.54) is 0 Å². The molecule has 0 aliphatic carbocycles. The third-order valence-electron chi connectivity index (χ3n) is 0.493. The number of allylic oxidation sites excluding steroid dienone is 1. The van der Waals surface area contributed by atoms with Crippen LogP contribution < -0.4 is 0 Å². The van der Waals surface area contributed by atoms with E-state index in [1.54, 1.807) is 0 Å². The van der Waals surface area contributed by atoms with Gasteiger partial charge in [0.05, 0.1) is 13.2 Å². The number of hydrogen-bond donors (Lipinski definition) is 0. The Kier molecular flexibility index (Phi) is 5.46. The van der Waals surface area contributed by atoms with Crippen molar-refractivity contribution in [3.05, 3.63) is 12.7 Å². The van der Waals surface area contributed by atoms with Gasteiger partial charge in [-0.25, -0.2) is 0 Å². The molecule has 1 aliphatic rings. The summed E-state index contributed by atoms with van der Waals surface area (Å²) in [5.41, 5.74) is 0. The van der Waals surface area contributed by atoms with Gasteiger partial charge >= 0.3 is 0 Å². The van der Waals surface area contributed by atoms with Crippen molar-refractivity contribution in [2.24, 2.45) is 0 Å². The average molecular weight is 100 g/mol. The summed E-state index contributed by atoms with van der Waals surface area (Å²) in [6, 6.07) is 0. The summed E-state index contributed by atoms with van der Waals surface area (Å²) in [6.07, 6.45) is 2.96. The molecule has 0 saturated carbocycles. The monoisotopic (exact) mass is 100 g/mol. The molecule has 1 heterocycles. The maximum atomic E-state index is 4.50. The fourth-order valence-corrected chi connectivity index (χ4v) is 0. The van der Waals surface area contributed by atoms with Gasteiger partial charge in [0.15, 0.2) is 0 Å². The van der Waals surface area contributed by atoms with E-state index >= 15 is 0 Å². The van der Waals surface area contributed by atoms with Gasteiger partial charge < -0.3 is 4.74 Å².